The van der Waals surface area contributed by atoms with Gasteiger partial charge in [0.25, 0.3) is 0 Å². The molecule has 27 heavy (non-hydrogen) atoms. The van der Waals surface area contributed by atoms with Gasteiger partial charge in [0, 0.05) is 28.5 Å². The fourth-order valence-electron chi connectivity index (χ4n) is 2.63. The number of aromatic nitrogens is 1. The first kappa shape index (κ1) is 18.5. The third-order valence-electron chi connectivity index (χ3n) is 3.82. The quantitative estimate of drug-likeness (QED) is 0.660. The zero-order chi connectivity index (χ0) is 19.6. The summed E-state index contributed by atoms with van der Waals surface area (Å²) in [5.41, 5.74) is 1.16. The highest BCUT2D eigenvalue weighted by molar-refractivity contribution is 6.01. The molecule has 0 aliphatic rings. The molecule has 3 aromatic rings. The number of anilines is 2. The van der Waals surface area contributed by atoms with E-state index >= 15 is 0 Å². The second kappa shape index (κ2) is 7.14. The highest BCUT2D eigenvalue weighted by Gasteiger charge is 2.30. The zero-order valence-corrected chi connectivity index (χ0v) is 14.5. The van der Waals surface area contributed by atoms with Crippen LogP contribution >= 0.6 is 0 Å². The smallest absolute Gasteiger partial charge is 0.416 e. The van der Waals surface area contributed by atoms with Crippen molar-refractivity contribution in [1.29, 1.82) is 0 Å². The van der Waals surface area contributed by atoms with Crippen LogP contribution in [-0.4, -0.2) is 18.1 Å². The summed E-state index contributed by atoms with van der Waals surface area (Å²) in [5, 5.41) is 5.69. The predicted molar refractivity (Wildman–Crippen MR) is 97.1 cm³/mol. The number of ether oxygens (including phenoxy) is 1. The van der Waals surface area contributed by atoms with E-state index in [-0.39, 0.29) is 5.69 Å². The molecule has 3 rings (SSSR count). The molecule has 0 bridgehead atoms. The Morgan fingerprint density at radius 1 is 1.04 bits per heavy atom. The molecule has 0 radical (unpaired) electrons. The number of hydrogen-bond acceptors (Lipinski definition) is 3. The van der Waals surface area contributed by atoms with Gasteiger partial charge in [-0.1, -0.05) is 6.07 Å². The van der Waals surface area contributed by atoms with Gasteiger partial charge in [-0.2, -0.15) is 13.2 Å². The Morgan fingerprint density at radius 2 is 1.74 bits per heavy atom. The summed E-state index contributed by atoms with van der Waals surface area (Å²) in [6.45, 7) is 1.84. The third-order valence-corrected chi connectivity index (χ3v) is 3.82. The van der Waals surface area contributed by atoms with Crippen LogP contribution < -0.4 is 15.4 Å². The van der Waals surface area contributed by atoms with Crippen molar-refractivity contribution in [1.82, 2.24) is 4.98 Å². The summed E-state index contributed by atoms with van der Waals surface area (Å²) in [4.78, 5) is 16.5. The largest absolute Gasteiger partial charge is 0.496 e. The fraction of sp³-hybridized carbons (Fsp3) is 0.158. The Hall–Kier alpha value is -3.29. The first-order chi connectivity index (χ1) is 12.8. The van der Waals surface area contributed by atoms with E-state index in [2.05, 4.69) is 15.6 Å². The van der Waals surface area contributed by atoms with Gasteiger partial charge in [-0.15, -0.1) is 0 Å². The SMILES string of the molecule is COc1cc(C)nc2ccc(NC(=O)Nc3cccc(C(F)(F)F)c3)cc12. The van der Waals surface area contributed by atoms with Gasteiger partial charge in [0.2, 0.25) is 0 Å². The van der Waals surface area contributed by atoms with Crippen molar-refractivity contribution >= 4 is 28.3 Å². The van der Waals surface area contributed by atoms with Gasteiger partial charge in [-0.25, -0.2) is 4.79 Å². The average molecular weight is 375 g/mol. The third kappa shape index (κ3) is 4.28. The second-order valence-corrected chi connectivity index (χ2v) is 5.86. The number of urea groups is 1. The van der Waals surface area contributed by atoms with Crippen molar-refractivity contribution in [3.05, 3.63) is 59.8 Å². The number of pyridine rings is 1. The lowest BCUT2D eigenvalue weighted by Gasteiger charge is -2.12. The molecule has 0 atom stereocenters. The van der Waals surface area contributed by atoms with Crippen LogP contribution in [0, 0.1) is 6.92 Å². The summed E-state index contributed by atoms with van der Waals surface area (Å²) in [5.74, 6) is 0.611. The van der Waals surface area contributed by atoms with E-state index in [1.165, 1.54) is 19.2 Å². The van der Waals surface area contributed by atoms with Crippen LogP contribution in [0.4, 0.5) is 29.3 Å². The Labute approximate surface area is 153 Å². The lowest BCUT2D eigenvalue weighted by atomic mass is 10.1. The first-order valence-electron chi connectivity index (χ1n) is 7.97. The molecule has 2 aromatic carbocycles. The van der Waals surface area contributed by atoms with E-state index in [0.29, 0.717) is 22.3 Å². The minimum Gasteiger partial charge on any atom is -0.496 e. The van der Waals surface area contributed by atoms with Crippen molar-refractivity contribution in [2.75, 3.05) is 17.7 Å². The molecule has 2 N–H and O–H groups in total. The Balaban J connectivity index is 1.79. The van der Waals surface area contributed by atoms with Crippen LogP contribution in [0.5, 0.6) is 5.75 Å². The van der Waals surface area contributed by atoms with E-state index < -0.39 is 17.8 Å². The molecule has 8 heteroatoms. The topological polar surface area (TPSA) is 63.2 Å². The molecule has 1 aromatic heterocycles. The zero-order valence-electron chi connectivity index (χ0n) is 14.5. The molecule has 0 aliphatic heterocycles. The number of rotatable bonds is 3. The normalized spacial score (nSPS) is 11.3. The predicted octanol–water partition coefficient (Wildman–Crippen LogP) is 5.21. The molecule has 0 aliphatic carbocycles. The summed E-state index contributed by atoms with van der Waals surface area (Å²) < 4.78 is 43.6. The number of carbonyl (C=O) groups excluding carboxylic acids is 1. The highest BCUT2D eigenvalue weighted by atomic mass is 19.4. The number of hydrogen-bond donors (Lipinski definition) is 2. The van der Waals surface area contributed by atoms with Crippen molar-refractivity contribution in [2.24, 2.45) is 0 Å². The number of carbonyl (C=O) groups is 1. The van der Waals surface area contributed by atoms with E-state index in [1.54, 1.807) is 24.3 Å². The van der Waals surface area contributed by atoms with Crippen molar-refractivity contribution in [3.8, 4) is 5.75 Å². The maximum Gasteiger partial charge on any atom is 0.416 e. The molecular weight excluding hydrogens is 359 g/mol. The van der Waals surface area contributed by atoms with Crippen molar-refractivity contribution in [3.63, 3.8) is 0 Å². The molecule has 0 saturated heterocycles. The Bertz CT molecular complexity index is 1000. The summed E-state index contributed by atoms with van der Waals surface area (Å²) >= 11 is 0. The van der Waals surface area contributed by atoms with Crippen LogP contribution in [0.3, 0.4) is 0 Å². The van der Waals surface area contributed by atoms with Crippen molar-refractivity contribution in [2.45, 2.75) is 13.1 Å². The van der Waals surface area contributed by atoms with Crippen LogP contribution in [0.25, 0.3) is 10.9 Å². The van der Waals surface area contributed by atoms with Gasteiger partial charge in [0.1, 0.15) is 5.75 Å². The highest BCUT2D eigenvalue weighted by Crippen LogP contribution is 2.31. The number of fused-ring (bicyclic) bond motifs is 1. The number of halogens is 3. The van der Waals surface area contributed by atoms with E-state index in [4.69, 9.17) is 4.74 Å². The molecule has 140 valence electrons. The molecule has 0 saturated carbocycles. The van der Waals surface area contributed by atoms with E-state index in [1.807, 2.05) is 6.92 Å². The first-order valence-corrected chi connectivity index (χ1v) is 7.97. The molecule has 2 amide bonds. The molecule has 0 spiro atoms. The minimum absolute atomic E-state index is 0.0398. The number of aryl methyl sites for hydroxylation is 1. The lowest BCUT2D eigenvalue weighted by molar-refractivity contribution is -0.137. The van der Waals surface area contributed by atoms with Gasteiger partial charge in [-0.3, -0.25) is 4.98 Å². The van der Waals surface area contributed by atoms with Gasteiger partial charge in [0.05, 0.1) is 18.2 Å². The summed E-state index contributed by atoms with van der Waals surface area (Å²) in [7, 11) is 1.54. The van der Waals surface area contributed by atoms with Crippen LogP contribution in [-0.2, 0) is 6.18 Å². The molecule has 5 nitrogen and oxygen atoms in total. The number of alkyl halides is 3. The maximum atomic E-state index is 12.8. The van der Waals surface area contributed by atoms with Crippen LogP contribution in [0.15, 0.2) is 48.5 Å². The van der Waals surface area contributed by atoms with Gasteiger partial charge < -0.3 is 15.4 Å². The maximum absolute atomic E-state index is 12.8. The van der Waals surface area contributed by atoms with Crippen LogP contribution in [0.1, 0.15) is 11.3 Å². The number of nitrogens with one attached hydrogen (secondary N) is 2. The lowest BCUT2D eigenvalue weighted by Crippen LogP contribution is -2.19. The van der Waals surface area contributed by atoms with E-state index in [9.17, 15) is 18.0 Å². The van der Waals surface area contributed by atoms with Gasteiger partial charge in [0.15, 0.2) is 0 Å². The standard InChI is InChI=1S/C19H16F3N3O2/c1-11-8-17(27-2)15-10-14(6-7-16(15)23-11)25-18(26)24-13-5-3-4-12(9-13)19(20,21)22/h3-10H,1-2H3,(H2,24,25,26). The molecular formula is C19H16F3N3O2. The minimum atomic E-state index is -4.48. The monoisotopic (exact) mass is 375 g/mol. The number of amides is 2. The van der Waals surface area contributed by atoms with E-state index in [0.717, 1.165) is 17.8 Å². The number of methoxy groups -OCH3 is 1. The summed E-state index contributed by atoms with van der Waals surface area (Å²) in [6, 6.07) is 10.6. The molecule has 0 unspecified atom stereocenters. The Morgan fingerprint density at radius 3 is 2.41 bits per heavy atom. The van der Waals surface area contributed by atoms with Crippen LogP contribution in [0.2, 0.25) is 0 Å². The molecule has 0 fully saturated rings. The number of benzene rings is 2. The Kier molecular flexibility index (Phi) is 4.89. The van der Waals surface area contributed by atoms with Crippen molar-refractivity contribution < 1.29 is 22.7 Å². The van der Waals surface area contributed by atoms with Gasteiger partial charge >= 0.3 is 12.2 Å². The second-order valence-electron chi connectivity index (χ2n) is 5.86. The van der Waals surface area contributed by atoms with Gasteiger partial charge in [-0.05, 0) is 43.3 Å². The molecule has 1 heterocycles. The fourth-order valence-corrected chi connectivity index (χ4v) is 2.63. The number of nitrogens with zero attached hydrogens (tertiary/aromatic N) is 1. The summed E-state index contributed by atoms with van der Waals surface area (Å²) in [6.07, 6.45) is -4.48. The average Bonchev–Trinajstić information content (AvgIpc) is 2.60.